The Morgan fingerprint density at radius 2 is 1.52 bits per heavy atom. The first-order valence-electron chi connectivity index (χ1n) is 8.71. The van der Waals surface area contributed by atoms with Gasteiger partial charge in [-0.3, -0.25) is 9.59 Å². The maximum absolute atomic E-state index is 12.8. The molecule has 29 heavy (non-hydrogen) atoms. The van der Waals surface area contributed by atoms with E-state index in [2.05, 4.69) is 5.32 Å². The average Bonchev–Trinajstić information content (AvgIpc) is 2.93. The summed E-state index contributed by atoms with van der Waals surface area (Å²) in [5, 5.41) is 4.22. The van der Waals surface area contributed by atoms with E-state index >= 15 is 0 Å². The van der Waals surface area contributed by atoms with E-state index in [4.69, 9.17) is 35.4 Å². The van der Waals surface area contributed by atoms with Crippen LogP contribution in [0.5, 0.6) is 0 Å². The summed E-state index contributed by atoms with van der Waals surface area (Å²) in [7, 11) is 0. The van der Waals surface area contributed by atoms with Crippen molar-refractivity contribution in [2.75, 3.05) is 10.2 Å². The molecule has 0 aliphatic carbocycles. The van der Waals surface area contributed by atoms with Crippen LogP contribution in [-0.2, 0) is 0 Å². The smallest absolute Gasteiger partial charge is 0.266 e. The molecule has 7 heteroatoms. The maximum Gasteiger partial charge on any atom is 0.266 e. The normalized spacial score (nSPS) is 12.9. The number of anilines is 2. The van der Waals surface area contributed by atoms with Crippen molar-refractivity contribution in [3.63, 3.8) is 0 Å². The van der Waals surface area contributed by atoms with Gasteiger partial charge in [-0.2, -0.15) is 0 Å². The lowest BCUT2D eigenvalue weighted by Gasteiger charge is -2.18. The molecule has 4 rings (SSSR count). The van der Waals surface area contributed by atoms with Crippen LogP contribution < -0.4 is 10.2 Å². The van der Waals surface area contributed by atoms with Gasteiger partial charge in [0.15, 0.2) is 0 Å². The monoisotopic (exact) mass is 440 g/mol. The first kappa shape index (κ1) is 19.6. The number of amides is 2. The zero-order chi connectivity index (χ0) is 20.7. The molecule has 1 aliphatic heterocycles. The van der Waals surface area contributed by atoms with Crippen LogP contribution in [0, 0.1) is 6.92 Å². The topological polar surface area (TPSA) is 49.4 Å². The molecule has 0 saturated heterocycles. The van der Waals surface area contributed by atoms with Gasteiger partial charge in [-0.05, 0) is 61.0 Å². The van der Waals surface area contributed by atoms with Crippen molar-refractivity contribution in [3.8, 4) is 0 Å². The summed E-state index contributed by atoms with van der Waals surface area (Å²) in [5.41, 5.74) is 3.54. The summed E-state index contributed by atoms with van der Waals surface area (Å²) >= 11 is 17.3. The van der Waals surface area contributed by atoms with Gasteiger partial charge >= 0.3 is 0 Å². The van der Waals surface area contributed by atoms with Crippen LogP contribution in [0.2, 0.25) is 10.0 Å². The number of nitrogens with one attached hydrogen (secondary N) is 1. The highest BCUT2D eigenvalue weighted by molar-refractivity contribution is 7.81. The van der Waals surface area contributed by atoms with Gasteiger partial charge in [0.2, 0.25) is 0 Å². The number of aryl methyl sites for hydroxylation is 1. The number of rotatable bonds is 3. The number of halogens is 2. The number of carbonyl (C=O) groups excluding carboxylic acids is 2. The fourth-order valence-electron chi connectivity index (χ4n) is 3.22. The van der Waals surface area contributed by atoms with Crippen LogP contribution in [0.3, 0.4) is 0 Å². The number of fused-ring (bicyclic) bond motifs is 1. The number of hydrogen-bond donors (Lipinski definition) is 1. The summed E-state index contributed by atoms with van der Waals surface area (Å²) in [6, 6.07) is 17.3. The molecule has 1 heterocycles. The zero-order valence-electron chi connectivity index (χ0n) is 15.2. The lowest BCUT2D eigenvalue weighted by molar-refractivity contribution is 0.0926. The van der Waals surface area contributed by atoms with Gasteiger partial charge < -0.3 is 5.32 Å². The van der Waals surface area contributed by atoms with Gasteiger partial charge in [0.25, 0.3) is 11.8 Å². The molecule has 0 spiro atoms. The predicted molar refractivity (Wildman–Crippen MR) is 121 cm³/mol. The number of carbonyl (C=O) groups is 2. The van der Waals surface area contributed by atoms with E-state index in [-0.39, 0.29) is 11.8 Å². The summed E-state index contributed by atoms with van der Waals surface area (Å²) in [5.74, 6) is -0.741. The van der Waals surface area contributed by atoms with Crippen LogP contribution >= 0.6 is 35.4 Å². The van der Waals surface area contributed by atoms with Gasteiger partial charge in [0.05, 0.1) is 16.8 Å². The minimum Gasteiger partial charge on any atom is -0.346 e. The molecular weight excluding hydrogens is 427 g/mol. The summed E-state index contributed by atoms with van der Waals surface area (Å²) in [4.78, 5) is 27.3. The Kier molecular flexibility index (Phi) is 5.13. The molecule has 0 bridgehead atoms. The number of benzene rings is 3. The second-order valence-corrected chi connectivity index (χ2v) is 7.88. The lowest BCUT2D eigenvalue weighted by Crippen LogP contribution is -2.30. The third kappa shape index (κ3) is 3.65. The van der Waals surface area contributed by atoms with Crippen molar-refractivity contribution < 1.29 is 9.59 Å². The van der Waals surface area contributed by atoms with Crippen LogP contribution in [0.4, 0.5) is 11.4 Å². The molecule has 1 aliphatic rings. The fraction of sp³-hybridized carbons (Fsp3) is 0.0455. The van der Waals surface area contributed by atoms with Crippen molar-refractivity contribution in [2.24, 2.45) is 0 Å². The Balaban J connectivity index is 1.60. The molecule has 3 aromatic carbocycles. The summed E-state index contributed by atoms with van der Waals surface area (Å²) in [6.07, 6.45) is 0. The Hall–Kier alpha value is -2.73. The highest BCUT2D eigenvalue weighted by atomic mass is 35.5. The van der Waals surface area contributed by atoms with Gasteiger partial charge in [-0.15, -0.1) is 0 Å². The van der Waals surface area contributed by atoms with E-state index in [1.165, 1.54) is 11.0 Å². The largest absolute Gasteiger partial charge is 0.346 e. The van der Waals surface area contributed by atoms with Crippen molar-refractivity contribution in [1.29, 1.82) is 0 Å². The molecule has 3 aromatic rings. The third-order valence-electron chi connectivity index (χ3n) is 4.65. The molecule has 144 valence electrons. The van der Waals surface area contributed by atoms with E-state index in [1.807, 2.05) is 25.1 Å². The van der Waals surface area contributed by atoms with Crippen LogP contribution in [-0.4, -0.2) is 16.8 Å². The standard InChI is InChI=1S/C22H14Cl2N2O2S/c1-12-10-16(25-20(29)13-2-4-14(23)5-3-13)7-9-19(12)26-21(27)17-8-6-15(24)11-18(17)22(26)28/h2-11H,1H3,(H,25,29). The molecule has 0 radical (unpaired) electrons. The second kappa shape index (κ2) is 7.59. The Bertz CT molecular complexity index is 1180. The minimum atomic E-state index is -0.381. The van der Waals surface area contributed by atoms with Crippen LogP contribution in [0.1, 0.15) is 31.8 Å². The van der Waals surface area contributed by atoms with Crippen molar-refractivity contribution >= 4 is 63.6 Å². The third-order valence-corrected chi connectivity index (χ3v) is 5.48. The van der Waals surface area contributed by atoms with E-state index in [1.54, 1.807) is 36.4 Å². The highest BCUT2D eigenvalue weighted by Crippen LogP contribution is 2.33. The average molecular weight is 441 g/mol. The number of nitrogens with zero attached hydrogens (tertiary/aromatic N) is 1. The first-order chi connectivity index (χ1) is 13.8. The SMILES string of the molecule is Cc1cc(NC(=S)c2ccc(Cl)cc2)ccc1N1C(=O)c2ccc(Cl)cc2C1=O. The minimum absolute atomic E-state index is 0.313. The molecular formula is C22H14Cl2N2O2S. The summed E-state index contributed by atoms with van der Waals surface area (Å²) in [6.45, 7) is 1.84. The van der Waals surface area contributed by atoms with E-state index < -0.39 is 0 Å². The predicted octanol–water partition coefficient (Wildman–Crippen LogP) is 5.89. The van der Waals surface area contributed by atoms with Crippen LogP contribution in [0.15, 0.2) is 60.7 Å². The van der Waals surface area contributed by atoms with Crippen molar-refractivity contribution in [3.05, 3.63) is 93.0 Å². The summed E-state index contributed by atoms with van der Waals surface area (Å²) < 4.78 is 0. The molecule has 0 fully saturated rings. The quantitative estimate of drug-likeness (QED) is 0.407. The highest BCUT2D eigenvalue weighted by Gasteiger charge is 2.37. The van der Waals surface area contributed by atoms with E-state index in [9.17, 15) is 9.59 Å². The van der Waals surface area contributed by atoms with E-state index in [0.29, 0.717) is 31.8 Å². The number of hydrogen-bond acceptors (Lipinski definition) is 3. The van der Waals surface area contributed by atoms with Crippen LogP contribution in [0.25, 0.3) is 0 Å². The molecule has 4 nitrogen and oxygen atoms in total. The molecule has 1 N–H and O–H groups in total. The zero-order valence-corrected chi connectivity index (χ0v) is 17.5. The Morgan fingerprint density at radius 1 is 0.862 bits per heavy atom. The molecule has 0 unspecified atom stereocenters. The van der Waals surface area contributed by atoms with Gasteiger partial charge in [-0.25, -0.2) is 4.90 Å². The lowest BCUT2D eigenvalue weighted by atomic mass is 10.1. The Morgan fingerprint density at radius 3 is 2.21 bits per heavy atom. The molecule has 0 aromatic heterocycles. The van der Waals surface area contributed by atoms with Gasteiger partial charge in [0, 0.05) is 21.3 Å². The van der Waals surface area contributed by atoms with Gasteiger partial charge in [-0.1, -0.05) is 47.6 Å². The molecule has 0 atom stereocenters. The maximum atomic E-state index is 12.8. The Labute approximate surface area is 183 Å². The van der Waals surface area contributed by atoms with Gasteiger partial charge in [0.1, 0.15) is 4.99 Å². The molecule has 2 amide bonds. The molecule has 0 saturated carbocycles. The van der Waals surface area contributed by atoms with Crippen molar-refractivity contribution in [1.82, 2.24) is 0 Å². The second-order valence-electron chi connectivity index (χ2n) is 6.60. The number of imide groups is 1. The fourth-order valence-corrected chi connectivity index (χ4v) is 3.77. The van der Waals surface area contributed by atoms with Crippen molar-refractivity contribution in [2.45, 2.75) is 6.92 Å². The first-order valence-corrected chi connectivity index (χ1v) is 9.87. The van der Waals surface area contributed by atoms with E-state index in [0.717, 1.165) is 16.8 Å². The number of thiocarbonyl (C=S) groups is 1.